The van der Waals surface area contributed by atoms with Gasteiger partial charge < -0.3 is 9.47 Å². The van der Waals surface area contributed by atoms with Crippen molar-refractivity contribution in [2.75, 3.05) is 13.1 Å². The molecule has 0 aromatic heterocycles. The Morgan fingerprint density at radius 2 is 1.73 bits per heavy atom. The monoisotopic (exact) mass is 177 g/mol. The fourth-order valence-electron chi connectivity index (χ4n) is 1.68. The van der Waals surface area contributed by atoms with Gasteiger partial charge in [-0.2, -0.15) is 0 Å². The zero-order valence-electron chi connectivity index (χ0n) is 6.71. The highest BCUT2D eigenvalue weighted by Gasteiger charge is 2.46. The average molecular weight is 178 g/mol. The molecule has 0 radical (unpaired) electrons. The Bertz CT molecular complexity index is 158. The van der Waals surface area contributed by atoms with Gasteiger partial charge in [-0.15, -0.1) is 0 Å². The van der Waals surface area contributed by atoms with Crippen molar-refractivity contribution >= 4 is 11.8 Å². The summed E-state index contributed by atoms with van der Waals surface area (Å²) in [5.41, 5.74) is 0. The molecule has 0 unspecified atom stereocenters. The van der Waals surface area contributed by atoms with Gasteiger partial charge >= 0.3 is 0 Å². The first-order valence-electron chi connectivity index (χ1n) is 3.83. The summed E-state index contributed by atoms with van der Waals surface area (Å²) in [6, 6.07) is 0. The fraction of sp³-hybridized carbons (Fsp3) is 1.00. The van der Waals surface area contributed by atoms with Crippen molar-refractivity contribution in [3.8, 4) is 0 Å². The molecule has 0 aromatic rings. The Kier molecular flexibility index (Phi) is 1.65. The zero-order chi connectivity index (χ0) is 8.06. The Labute approximate surface area is 71.3 Å². The highest BCUT2D eigenvalue weighted by Crippen LogP contribution is 2.33. The zero-order valence-corrected chi connectivity index (χ0v) is 7.47. The summed E-state index contributed by atoms with van der Waals surface area (Å²) >= 11 is 5.78. The Morgan fingerprint density at radius 1 is 1.27 bits per heavy atom. The minimum absolute atomic E-state index is 0.169. The van der Waals surface area contributed by atoms with Crippen LogP contribution in [0.1, 0.15) is 13.8 Å². The first kappa shape index (κ1) is 7.80. The Hall–Kier alpha value is 0.170. The van der Waals surface area contributed by atoms with Crippen LogP contribution in [0, 0.1) is 0 Å². The lowest BCUT2D eigenvalue weighted by Gasteiger charge is -2.19. The Morgan fingerprint density at radius 3 is 2.18 bits per heavy atom. The molecule has 0 amide bonds. The molecule has 2 aliphatic heterocycles. The van der Waals surface area contributed by atoms with E-state index in [0.29, 0.717) is 0 Å². The van der Waals surface area contributed by atoms with E-state index in [-0.39, 0.29) is 12.2 Å². The Balaban J connectivity index is 2.04. The second-order valence-electron chi connectivity index (χ2n) is 3.54. The molecule has 3 nitrogen and oxygen atoms in total. The summed E-state index contributed by atoms with van der Waals surface area (Å²) in [5, 5.41) is 0. The molecule has 0 aliphatic carbocycles. The summed E-state index contributed by atoms with van der Waals surface area (Å²) < 4.78 is 12.9. The number of nitrogens with zero attached hydrogens (tertiary/aromatic N) is 1. The van der Waals surface area contributed by atoms with Crippen LogP contribution in [-0.4, -0.2) is 35.5 Å². The van der Waals surface area contributed by atoms with Crippen molar-refractivity contribution in [1.82, 2.24) is 4.42 Å². The molecule has 2 atom stereocenters. The van der Waals surface area contributed by atoms with Gasteiger partial charge in [0.1, 0.15) is 12.2 Å². The van der Waals surface area contributed by atoms with Crippen molar-refractivity contribution in [3.63, 3.8) is 0 Å². The van der Waals surface area contributed by atoms with Crippen LogP contribution >= 0.6 is 11.8 Å². The molecule has 2 rings (SSSR count). The van der Waals surface area contributed by atoms with Crippen LogP contribution in [0.2, 0.25) is 0 Å². The van der Waals surface area contributed by atoms with Gasteiger partial charge in [0.2, 0.25) is 0 Å². The lowest BCUT2D eigenvalue weighted by atomic mass is 10.3. The van der Waals surface area contributed by atoms with Crippen LogP contribution in [0.5, 0.6) is 0 Å². The van der Waals surface area contributed by atoms with Gasteiger partial charge in [0.25, 0.3) is 0 Å². The van der Waals surface area contributed by atoms with E-state index in [4.69, 9.17) is 21.3 Å². The number of fused-ring (bicyclic) bond motifs is 1. The molecular weight excluding hydrogens is 166 g/mol. The van der Waals surface area contributed by atoms with Gasteiger partial charge in [-0.1, -0.05) is 0 Å². The summed E-state index contributed by atoms with van der Waals surface area (Å²) in [5.74, 6) is -0.409. The van der Waals surface area contributed by atoms with Gasteiger partial charge in [0.15, 0.2) is 5.79 Å². The first-order chi connectivity index (χ1) is 5.07. The third-order valence-corrected chi connectivity index (χ3v) is 2.32. The summed E-state index contributed by atoms with van der Waals surface area (Å²) in [6.07, 6.45) is 0.338. The quantitative estimate of drug-likeness (QED) is 0.515. The highest BCUT2D eigenvalue weighted by atomic mass is 35.5. The smallest absolute Gasteiger partial charge is 0.163 e. The van der Waals surface area contributed by atoms with Crippen molar-refractivity contribution < 1.29 is 9.47 Å². The third kappa shape index (κ3) is 1.38. The largest absolute Gasteiger partial charge is 0.343 e. The maximum Gasteiger partial charge on any atom is 0.163 e. The molecule has 64 valence electrons. The second-order valence-corrected chi connectivity index (χ2v) is 4.02. The van der Waals surface area contributed by atoms with E-state index in [1.165, 1.54) is 0 Å². The van der Waals surface area contributed by atoms with Crippen LogP contribution in [-0.2, 0) is 9.47 Å². The molecule has 0 aromatic carbocycles. The predicted octanol–water partition coefficient (Wildman–Crippen LogP) is 0.976. The predicted molar refractivity (Wildman–Crippen MR) is 41.3 cm³/mol. The SMILES string of the molecule is CC1(C)O[C@H]2CN(Cl)C[C@H]2O1. The van der Waals surface area contributed by atoms with E-state index in [1.54, 1.807) is 4.42 Å². The van der Waals surface area contributed by atoms with Gasteiger partial charge in [0.05, 0.1) is 0 Å². The number of halogens is 1. The first-order valence-corrected chi connectivity index (χ1v) is 4.17. The molecule has 4 heteroatoms. The highest BCUT2D eigenvalue weighted by molar-refractivity contribution is 6.13. The van der Waals surface area contributed by atoms with Crippen LogP contribution in [0.3, 0.4) is 0 Å². The molecule has 0 N–H and O–H groups in total. The molecule has 2 fully saturated rings. The van der Waals surface area contributed by atoms with E-state index < -0.39 is 5.79 Å². The molecule has 2 saturated heterocycles. The maximum absolute atomic E-state index is 5.78. The van der Waals surface area contributed by atoms with Crippen molar-refractivity contribution in [2.45, 2.75) is 31.8 Å². The van der Waals surface area contributed by atoms with Gasteiger partial charge in [0, 0.05) is 13.1 Å². The minimum Gasteiger partial charge on any atom is -0.343 e. The minimum atomic E-state index is -0.409. The normalized spacial score (nSPS) is 42.8. The molecule has 0 bridgehead atoms. The average Bonchev–Trinajstić information content (AvgIpc) is 2.17. The number of hydrogen-bond donors (Lipinski definition) is 0. The molecule has 2 aliphatic rings. The fourth-order valence-corrected chi connectivity index (χ4v) is 1.96. The summed E-state index contributed by atoms with van der Waals surface area (Å²) in [6.45, 7) is 5.42. The molecule has 2 heterocycles. The van der Waals surface area contributed by atoms with Crippen molar-refractivity contribution in [1.29, 1.82) is 0 Å². The van der Waals surface area contributed by atoms with Crippen LogP contribution < -0.4 is 0 Å². The van der Waals surface area contributed by atoms with Gasteiger partial charge in [-0.25, -0.2) is 4.42 Å². The topological polar surface area (TPSA) is 21.7 Å². The van der Waals surface area contributed by atoms with Crippen molar-refractivity contribution in [3.05, 3.63) is 0 Å². The van der Waals surface area contributed by atoms with Gasteiger partial charge in [-0.05, 0) is 25.6 Å². The van der Waals surface area contributed by atoms with E-state index in [2.05, 4.69) is 0 Å². The second kappa shape index (κ2) is 2.33. The van der Waals surface area contributed by atoms with Crippen LogP contribution in [0.4, 0.5) is 0 Å². The van der Waals surface area contributed by atoms with Crippen molar-refractivity contribution in [2.24, 2.45) is 0 Å². The summed E-state index contributed by atoms with van der Waals surface area (Å²) in [4.78, 5) is 0. The number of ether oxygens (including phenoxy) is 2. The standard InChI is InChI=1S/C7H12ClNO2/c1-7(2)10-5-3-9(8)4-6(5)11-7/h5-6H,3-4H2,1-2H3/t5-,6+. The lowest BCUT2D eigenvalue weighted by molar-refractivity contribution is -0.152. The maximum atomic E-state index is 5.78. The van der Waals surface area contributed by atoms with Gasteiger partial charge in [-0.3, -0.25) is 0 Å². The third-order valence-electron chi connectivity index (χ3n) is 2.04. The van der Waals surface area contributed by atoms with E-state index in [9.17, 15) is 0 Å². The molecular formula is C7H12ClNO2. The molecule has 0 saturated carbocycles. The van der Waals surface area contributed by atoms with E-state index in [0.717, 1.165) is 13.1 Å². The number of rotatable bonds is 0. The van der Waals surface area contributed by atoms with Crippen LogP contribution in [0.15, 0.2) is 0 Å². The van der Waals surface area contributed by atoms with Crippen LogP contribution in [0.25, 0.3) is 0 Å². The summed E-state index contributed by atoms with van der Waals surface area (Å²) in [7, 11) is 0. The van der Waals surface area contributed by atoms with E-state index in [1.807, 2.05) is 13.8 Å². The lowest BCUT2D eigenvalue weighted by Crippen LogP contribution is -2.26. The number of hydrogen-bond acceptors (Lipinski definition) is 3. The molecule has 0 spiro atoms. The van der Waals surface area contributed by atoms with E-state index >= 15 is 0 Å². The molecule has 11 heavy (non-hydrogen) atoms.